The van der Waals surface area contributed by atoms with E-state index in [0.717, 1.165) is 25.9 Å². The van der Waals surface area contributed by atoms with E-state index in [1.54, 1.807) is 11.8 Å². The molecule has 2 atom stereocenters. The third-order valence-corrected chi connectivity index (χ3v) is 3.13. The van der Waals surface area contributed by atoms with E-state index in [9.17, 15) is 9.59 Å². The van der Waals surface area contributed by atoms with Crippen LogP contribution in [0.1, 0.15) is 26.7 Å². The number of nitrogens with zero attached hydrogens (tertiary/aromatic N) is 1. The molecule has 5 nitrogen and oxygen atoms in total. The number of amides is 2. The Morgan fingerprint density at radius 2 is 2.25 bits per heavy atom. The molecule has 1 rings (SSSR count). The average molecular weight is 228 g/mol. The predicted octanol–water partition coefficient (Wildman–Crippen LogP) is 1.15. The standard InChI is InChI=1S/C11H20N2O3/c1-3-9-4-5-13(7-9)11(16)12-6-8(2)10(14)15/h8-9H,3-7H2,1-2H3,(H,12,16)(H,14,15). The highest BCUT2D eigenvalue weighted by Crippen LogP contribution is 2.18. The molecule has 2 amide bonds. The molecule has 0 aromatic rings. The summed E-state index contributed by atoms with van der Waals surface area (Å²) in [6.45, 7) is 5.48. The van der Waals surface area contributed by atoms with Crippen molar-refractivity contribution in [3.8, 4) is 0 Å². The SMILES string of the molecule is CCC1CCN(C(=O)NCC(C)C(=O)O)C1. The number of urea groups is 1. The van der Waals surface area contributed by atoms with Crippen molar-refractivity contribution >= 4 is 12.0 Å². The summed E-state index contributed by atoms with van der Waals surface area (Å²) in [6, 6.07) is -0.135. The van der Waals surface area contributed by atoms with Crippen LogP contribution in [0.25, 0.3) is 0 Å². The average Bonchev–Trinajstić information content (AvgIpc) is 2.73. The number of hydrogen-bond donors (Lipinski definition) is 2. The summed E-state index contributed by atoms with van der Waals surface area (Å²) in [5.74, 6) is -0.815. The molecule has 0 aliphatic carbocycles. The first-order valence-electron chi connectivity index (χ1n) is 5.80. The summed E-state index contributed by atoms with van der Waals surface area (Å²) < 4.78 is 0. The van der Waals surface area contributed by atoms with Gasteiger partial charge in [0, 0.05) is 19.6 Å². The summed E-state index contributed by atoms with van der Waals surface area (Å²) >= 11 is 0. The van der Waals surface area contributed by atoms with Crippen molar-refractivity contribution < 1.29 is 14.7 Å². The van der Waals surface area contributed by atoms with E-state index in [0.29, 0.717) is 5.92 Å². The van der Waals surface area contributed by atoms with E-state index in [-0.39, 0.29) is 12.6 Å². The van der Waals surface area contributed by atoms with Crippen LogP contribution in [0.4, 0.5) is 4.79 Å². The summed E-state index contributed by atoms with van der Waals surface area (Å²) in [6.07, 6.45) is 2.15. The van der Waals surface area contributed by atoms with Gasteiger partial charge in [0.1, 0.15) is 0 Å². The Hall–Kier alpha value is -1.26. The Kier molecular flexibility index (Phi) is 4.58. The minimum atomic E-state index is -0.881. The largest absolute Gasteiger partial charge is 0.481 e. The predicted molar refractivity (Wildman–Crippen MR) is 60.2 cm³/mol. The quantitative estimate of drug-likeness (QED) is 0.758. The minimum Gasteiger partial charge on any atom is -0.481 e. The van der Waals surface area contributed by atoms with Gasteiger partial charge in [0.15, 0.2) is 0 Å². The lowest BCUT2D eigenvalue weighted by Gasteiger charge is -2.18. The Bertz CT molecular complexity index is 268. The van der Waals surface area contributed by atoms with Crippen molar-refractivity contribution in [3.63, 3.8) is 0 Å². The van der Waals surface area contributed by atoms with Gasteiger partial charge in [0.25, 0.3) is 0 Å². The van der Waals surface area contributed by atoms with E-state index < -0.39 is 11.9 Å². The highest BCUT2D eigenvalue weighted by molar-refractivity contribution is 5.76. The molecule has 1 aliphatic rings. The molecule has 1 heterocycles. The molecule has 0 aromatic carbocycles. The van der Waals surface area contributed by atoms with Gasteiger partial charge in [-0.3, -0.25) is 4.79 Å². The monoisotopic (exact) mass is 228 g/mol. The lowest BCUT2D eigenvalue weighted by molar-refractivity contribution is -0.140. The molecule has 16 heavy (non-hydrogen) atoms. The molecule has 2 N–H and O–H groups in total. The molecule has 2 unspecified atom stereocenters. The molecule has 0 aromatic heterocycles. The van der Waals surface area contributed by atoms with Gasteiger partial charge in [0.05, 0.1) is 5.92 Å². The van der Waals surface area contributed by atoms with Gasteiger partial charge in [-0.1, -0.05) is 20.3 Å². The number of carboxylic acids is 1. The summed E-state index contributed by atoms with van der Waals surface area (Å²) in [5.41, 5.74) is 0. The molecule has 0 radical (unpaired) electrons. The van der Waals surface area contributed by atoms with Crippen molar-refractivity contribution in [3.05, 3.63) is 0 Å². The van der Waals surface area contributed by atoms with Gasteiger partial charge < -0.3 is 15.3 Å². The molecular weight excluding hydrogens is 208 g/mol. The summed E-state index contributed by atoms with van der Waals surface area (Å²) in [7, 11) is 0. The fourth-order valence-corrected chi connectivity index (χ4v) is 1.79. The van der Waals surface area contributed by atoms with Crippen LogP contribution >= 0.6 is 0 Å². The second kappa shape index (κ2) is 5.72. The minimum absolute atomic E-state index is 0.135. The summed E-state index contributed by atoms with van der Waals surface area (Å²) in [5, 5.41) is 11.3. The fourth-order valence-electron chi connectivity index (χ4n) is 1.79. The molecule has 0 saturated carbocycles. The van der Waals surface area contributed by atoms with Gasteiger partial charge in [-0.05, 0) is 12.3 Å². The maximum atomic E-state index is 11.7. The lowest BCUT2D eigenvalue weighted by atomic mass is 10.1. The van der Waals surface area contributed by atoms with Crippen molar-refractivity contribution in [1.29, 1.82) is 0 Å². The van der Waals surface area contributed by atoms with E-state index in [1.807, 2.05) is 0 Å². The molecule has 1 fully saturated rings. The number of rotatable bonds is 4. The zero-order valence-corrected chi connectivity index (χ0v) is 9.90. The second-order valence-electron chi connectivity index (χ2n) is 4.43. The van der Waals surface area contributed by atoms with E-state index >= 15 is 0 Å². The maximum Gasteiger partial charge on any atom is 0.317 e. The van der Waals surface area contributed by atoms with E-state index in [1.165, 1.54) is 0 Å². The molecular formula is C11H20N2O3. The Morgan fingerprint density at radius 1 is 1.56 bits per heavy atom. The normalized spacial score (nSPS) is 21.9. The Morgan fingerprint density at radius 3 is 2.75 bits per heavy atom. The molecule has 1 saturated heterocycles. The van der Waals surface area contributed by atoms with Crippen LogP contribution in [0.3, 0.4) is 0 Å². The Balaban J connectivity index is 2.28. The number of likely N-dealkylation sites (tertiary alicyclic amines) is 1. The zero-order chi connectivity index (χ0) is 12.1. The van der Waals surface area contributed by atoms with E-state index in [4.69, 9.17) is 5.11 Å². The highest BCUT2D eigenvalue weighted by atomic mass is 16.4. The molecule has 92 valence electrons. The zero-order valence-electron chi connectivity index (χ0n) is 9.90. The molecule has 1 aliphatic heterocycles. The van der Waals surface area contributed by atoms with Crippen LogP contribution in [0.2, 0.25) is 0 Å². The van der Waals surface area contributed by atoms with Gasteiger partial charge >= 0.3 is 12.0 Å². The number of carbonyl (C=O) groups excluding carboxylic acids is 1. The molecule has 0 bridgehead atoms. The van der Waals surface area contributed by atoms with Crippen LogP contribution in [-0.2, 0) is 4.79 Å². The number of carbonyl (C=O) groups is 2. The van der Waals surface area contributed by atoms with Crippen molar-refractivity contribution in [1.82, 2.24) is 10.2 Å². The van der Waals surface area contributed by atoms with Gasteiger partial charge in [0.2, 0.25) is 0 Å². The Labute approximate surface area is 95.8 Å². The van der Waals surface area contributed by atoms with Crippen molar-refractivity contribution in [2.75, 3.05) is 19.6 Å². The maximum absolute atomic E-state index is 11.7. The first kappa shape index (κ1) is 12.8. The van der Waals surface area contributed by atoms with E-state index in [2.05, 4.69) is 12.2 Å². The van der Waals surface area contributed by atoms with Crippen molar-refractivity contribution in [2.45, 2.75) is 26.7 Å². The van der Waals surface area contributed by atoms with Crippen LogP contribution in [-0.4, -0.2) is 41.6 Å². The van der Waals surface area contributed by atoms with Crippen molar-refractivity contribution in [2.24, 2.45) is 11.8 Å². The van der Waals surface area contributed by atoms with Crippen LogP contribution < -0.4 is 5.32 Å². The second-order valence-corrected chi connectivity index (χ2v) is 4.43. The topological polar surface area (TPSA) is 69.6 Å². The van der Waals surface area contributed by atoms with Crippen LogP contribution in [0, 0.1) is 11.8 Å². The highest BCUT2D eigenvalue weighted by Gasteiger charge is 2.25. The van der Waals surface area contributed by atoms with Gasteiger partial charge in [-0.15, -0.1) is 0 Å². The first-order valence-corrected chi connectivity index (χ1v) is 5.80. The third-order valence-electron chi connectivity index (χ3n) is 3.13. The molecule has 0 spiro atoms. The molecule has 5 heteroatoms. The number of nitrogens with one attached hydrogen (secondary N) is 1. The fraction of sp³-hybridized carbons (Fsp3) is 0.818. The number of carboxylic acid groups (broad SMARTS) is 1. The third kappa shape index (κ3) is 3.40. The lowest BCUT2D eigenvalue weighted by Crippen LogP contribution is -2.41. The van der Waals surface area contributed by atoms with Gasteiger partial charge in [-0.2, -0.15) is 0 Å². The number of hydrogen-bond acceptors (Lipinski definition) is 2. The van der Waals surface area contributed by atoms with Gasteiger partial charge in [-0.25, -0.2) is 4.79 Å². The first-order chi connectivity index (χ1) is 7.54. The smallest absolute Gasteiger partial charge is 0.317 e. The summed E-state index contributed by atoms with van der Waals surface area (Å²) in [4.78, 5) is 24.0. The van der Waals surface area contributed by atoms with Crippen LogP contribution in [0.15, 0.2) is 0 Å². The van der Waals surface area contributed by atoms with Crippen LogP contribution in [0.5, 0.6) is 0 Å². The number of aliphatic carboxylic acids is 1.